The first-order chi connectivity index (χ1) is 15.6. The number of methoxy groups -OCH3 is 1. The first-order valence-corrected chi connectivity index (χ1v) is 11.0. The monoisotopic (exact) mass is 441 g/mol. The van der Waals surface area contributed by atoms with E-state index in [4.69, 9.17) is 0 Å². The number of nitrogens with one attached hydrogen (secondary N) is 1. The lowest BCUT2D eigenvalue weighted by Gasteiger charge is -2.22. The number of benzene rings is 1. The highest BCUT2D eigenvalue weighted by Crippen LogP contribution is 2.30. The number of allylic oxidation sites excluding steroid dienone is 1. The molecule has 0 unspecified atom stereocenters. The molecule has 0 saturated carbocycles. The smallest absolute Gasteiger partial charge is 0.331 e. The summed E-state index contributed by atoms with van der Waals surface area (Å²) >= 11 is 0. The summed E-state index contributed by atoms with van der Waals surface area (Å²) in [7, 11) is 3.10. The zero-order valence-electron chi connectivity index (χ0n) is 20.2. The molecule has 3 aliphatic heterocycles. The van der Waals surface area contributed by atoms with Crippen LogP contribution in [0.25, 0.3) is 22.9 Å². The number of ether oxygens (including phenoxy) is 1. The van der Waals surface area contributed by atoms with Gasteiger partial charge in [-0.3, -0.25) is 9.13 Å². The van der Waals surface area contributed by atoms with Crippen LogP contribution in [-0.2, 0) is 23.1 Å². The number of hydrogen-bond donors (Lipinski definition) is 1. The van der Waals surface area contributed by atoms with Gasteiger partial charge in [-0.15, -0.1) is 0 Å². The first kappa shape index (κ1) is 26.6. The molecule has 0 aromatic heterocycles. The van der Waals surface area contributed by atoms with Gasteiger partial charge < -0.3 is 10.1 Å². The molecule has 8 nitrogen and oxygen atoms in total. The Labute approximate surface area is 190 Å². The van der Waals surface area contributed by atoms with Gasteiger partial charge in [0.25, 0.3) is 0 Å². The summed E-state index contributed by atoms with van der Waals surface area (Å²) in [6.07, 6.45) is 3.93. The van der Waals surface area contributed by atoms with Crippen molar-refractivity contribution in [3.63, 3.8) is 0 Å². The standard InChI is InChI=1S/C15H15N5O.C5H8O2.2C2H6/c1-19-14-11(13-16-8-5-9-20(13)15(19)21)17-12(18-14)10-6-3-2-4-7-10;1-3-4-5(6)7-2;2*1-2/h2-4,6-7,16H,5,8-9H2,1H3;3-4H,1-2H3;2*1-2H3/b;4-3+;;. The molecule has 0 saturated heterocycles. The van der Waals surface area contributed by atoms with Crippen LogP contribution in [0.2, 0.25) is 0 Å². The molecule has 0 aliphatic carbocycles. The first-order valence-electron chi connectivity index (χ1n) is 11.0. The van der Waals surface area contributed by atoms with Crippen LogP contribution in [0.5, 0.6) is 0 Å². The van der Waals surface area contributed by atoms with Crippen LogP contribution < -0.4 is 11.0 Å². The van der Waals surface area contributed by atoms with Crippen molar-refractivity contribution in [2.24, 2.45) is 7.05 Å². The number of nitrogens with zero attached hydrogens (tertiary/aromatic N) is 4. The topological polar surface area (TPSA) is 91.0 Å². The summed E-state index contributed by atoms with van der Waals surface area (Å²) in [5.41, 5.74) is 1.66. The highest BCUT2D eigenvalue weighted by atomic mass is 16.5. The van der Waals surface area contributed by atoms with E-state index in [2.05, 4.69) is 20.0 Å². The quantitative estimate of drug-likeness (QED) is 0.470. The summed E-state index contributed by atoms with van der Waals surface area (Å²) in [5, 5.41) is 3.29. The second-order valence-corrected chi connectivity index (χ2v) is 6.23. The Morgan fingerprint density at radius 3 is 2.34 bits per heavy atom. The molecule has 0 spiro atoms. The van der Waals surface area contributed by atoms with Gasteiger partial charge in [0.15, 0.2) is 11.6 Å². The van der Waals surface area contributed by atoms with Crippen LogP contribution >= 0.6 is 0 Å². The minimum Gasteiger partial charge on any atom is -0.466 e. The Morgan fingerprint density at radius 1 is 1.12 bits per heavy atom. The zero-order valence-corrected chi connectivity index (χ0v) is 20.2. The molecule has 3 heterocycles. The highest BCUT2D eigenvalue weighted by molar-refractivity contribution is 5.81. The molecule has 32 heavy (non-hydrogen) atoms. The van der Waals surface area contributed by atoms with Crippen molar-refractivity contribution in [3.05, 3.63) is 53.0 Å². The maximum absolute atomic E-state index is 12.4. The third-order valence-electron chi connectivity index (χ3n) is 4.36. The Bertz CT molecular complexity index is 1020. The SMILES string of the molecule is C/C=C/C(=O)OC.CC.CC.Cn1c2nc(-c3ccccc3)nc-2c2n(c1=O)CCCN2. The molecule has 0 atom stereocenters. The number of fused-ring (bicyclic) bond motifs is 3. The van der Waals surface area contributed by atoms with Gasteiger partial charge in [-0.2, -0.15) is 0 Å². The summed E-state index contributed by atoms with van der Waals surface area (Å²) < 4.78 is 7.58. The van der Waals surface area contributed by atoms with E-state index in [-0.39, 0.29) is 11.7 Å². The summed E-state index contributed by atoms with van der Waals surface area (Å²) in [6, 6.07) is 9.82. The van der Waals surface area contributed by atoms with E-state index in [0.717, 1.165) is 36.6 Å². The lowest BCUT2D eigenvalue weighted by atomic mass is 10.2. The molecule has 4 rings (SSSR count). The largest absolute Gasteiger partial charge is 0.466 e. The third-order valence-corrected chi connectivity index (χ3v) is 4.36. The molecule has 174 valence electrons. The molecular weight excluding hydrogens is 406 g/mol. The Hall–Kier alpha value is -3.42. The molecule has 8 heteroatoms. The van der Waals surface area contributed by atoms with Crippen molar-refractivity contribution in [2.75, 3.05) is 19.0 Å². The van der Waals surface area contributed by atoms with E-state index in [1.54, 1.807) is 29.2 Å². The Balaban J connectivity index is 0.000000398. The second-order valence-electron chi connectivity index (χ2n) is 6.23. The summed E-state index contributed by atoms with van der Waals surface area (Å²) in [6.45, 7) is 11.3. The fraction of sp³-hybridized carbons (Fsp3) is 0.417. The number of carbonyl (C=O) groups excluding carboxylic acids is 1. The lowest BCUT2D eigenvalue weighted by molar-refractivity contribution is -0.134. The normalized spacial score (nSPS) is 11.6. The predicted molar refractivity (Wildman–Crippen MR) is 130 cm³/mol. The third kappa shape index (κ3) is 6.29. The molecule has 0 amide bonds. The molecule has 0 bridgehead atoms. The van der Waals surface area contributed by atoms with Crippen molar-refractivity contribution >= 4 is 11.8 Å². The molecule has 3 aliphatic rings. The number of hydrogen-bond acceptors (Lipinski definition) is 6. The van der Waals surface area contributed by atoms with Crippen LogP contribution in [-0.4, -0.2) is 38.7 Å². The Kier molecular flexibility index (Phi) is 11.5. The van der Waals surface area contributed by atoms with Crippen molar-refractivity contribution in [1.29, 1.82) is 0 Å². The number of carbonyl (C=O) groups is 1. The fourth-order valence-corrected chi connectivity index (χ4v) is 2.97. The second kappa shape index (κ2) is 13.8. The van der Waals surface area contributed by atoms with Gasteiger partial charge in [0.2, 0.25) is 0 Å². The van der Waals surface area contributed by atoms with Crippen molar-refractivity contribution < 1.29 is 9.53 Å². The molecule has 1 aromatic carbocycles. The average molecular weight is 442 g/mol. The molecule has 1 aromatic rings. The van der Waals surface area contributed by atoms with Gasteiger partial charge in [-0.1, -0.05) is 64.1 Å². The minimum atomic E-state index is -0.303. The van der Waals surface area contributed by atoms with Gasteiger partial charge >= 0.3 is 11.7 Å². The number of aromatic nitrogens is 4. The maximum Gasteiger partial charge on any atom is 0.331 e. The molecule has 0 fully saturated rings. The molecular formula is C24H35N5O3. The van der Waals surface area contributed by atoms with E-state index >= 15 is 0 Å². The van der Waals surface area contributed by atoms with Crippen LogP contribution in [0.1, 0.15) is 41.0 Å². The zero-order chi connectivity index (χ0) is 24.1. The van der Waals surface area contributed by atoms with Crippen molar-refractivity contribution in [2.45, 2.75) is 47.6 Å². The van der Waals surface area contributed by atoms with E-state index < -0.39 is 0 Å². The van der Waals surface area contributed by atoms with Crippen LogP contribution in [0, 0.1) is 0 Å². The number of rotatable bonds is 2. The van der Waals surface area contributed by atoms with Crippen LogP contribution in [0.4, 0.5) is 5.82 Å². The van der Waals surface area contributed by atoms with Gasteiger partial charge in [0, 0.05) is 31.8 Å². The summed E-state index contributed by atoms with van der Waals surface area (Å²) in [5.74, 6) is 1.76. The number of imidazole rings is 1. The molecule has 0 radical (unpaired) electrons. The van der Waals surface area contributed by atoms with Gasteiger partial charge in [-0.25, -0.2) is 19.6 Å². The van der Waals surface area contributed by atoms with Gasteiger partial charge in [-0.05, 0) is 13.3 Å². The number of anilines is 1. The van der Waals surface area contributed by atoms with Crippen LogP contribution in [0.3, 0.4) is 0 Å². The van der Waals surface area contributed by atoms with E-state index in [1.807, 2.05) is 58.0 Å². The summed E-state index contributed by atoms with van der Waals surface area (Å²) in [4.78, 5) is 31.7. The number of esters is 1. The van der Waals surface area contributed by atoms with E-state index in [9.17, 15) is 9.59 Å². The van der Waals surface area contributed by atoms with Crippen LogP contribution in [0.15, 0.2) is 47.3 Å². The lowest BCUT2D eigenvalue weighted by Crippen LogP contribution is -2.36. The minimum absolute atomic E-state index is 0.0517. The Morgan fingerprint density at radius 2 is 1.78 bits per heavy atom. The van der Waals surface area contributed by atoms with E-state index in [1.165, 1.54) is 13.2 Å². The van der Waals surface area contributed by atoms with Gasteiger partial charge in [0.05, 0.1) is 7.11 Å². The molecule has 1 N–H and O–H groups in total. The fourth-order valence-electron chi connectivity index (χ4n) is 2.97. The van der Waals surface area contributed by atoms with Crippen molar-refractivity contribution in [1.82, 2.24) is 19.1 Å². The van der Waals surface area contributed by atoms with E-state index in [0.29, 0.717) is 11.6 Å². The predicted octanol–water partition coefficient (Wildman–Crippen LogP) is 4.35. The maximum atomic E-state index is 12.4. The van der Waals surface area contributed by atoms with Gasteiger partial charge in [0.1, 0.15) is 11.5 Å². The average Bonchev–Trinajstić information content (AvgIpc) is 3.32. The van der Waals surface area contributed by atoms with Crippen molar-refractivity contribution in [3.8, 4) is 22.9 Å². The highest BCUT2D eigenvalue weighted by Gasteiger charge is 2.25.